The van der Waals surface area contributed by atoms with E-state index in [0.29, 0.717) is 5.02 Å². The van der Waals surface area contributed by atoms with E-state index in [1.54, 1.807) is 13.0 Å². The molecule has 0 spiro atoms. The number of hydrogen-bond acceptors (Lipinski definition) is 6. The van der Waals surface area contributed by atoms with Crippen molar-refractivity contribution < 1.29 is 24.0 Å². The number of ketones is 1. The summed E-state index contributed by atoms with van der Waals surface area (Å²) in [6.07, 6.45) is 0.258. The third kappa shape index (κ3) is 5.18. The summed E-state index contributed by atoms with van der Waals surface area (Å²) in [6, 6.07) is 8.36. The minimum absolute atomic E-state index is 0.140. The number of nitro benzene ring substituents is 1. The summed E-state index contributed by atoms with van der Waals surface area (Å²) in [4.78, 5) is 34.5. The van der Waals surface area contributed by atoms with Crippen molar-refractivity contribution in [2.24, 2.45) is 0 Å². The van der Waals surface area contributed by atoms with Gasteiger partial charge in [0.2, 0.25) is 0 Å². The number of non-ortho nitro benzene ring substituents is 1. The molecule has 2 rings (SSSR count). The van der Waals surface area contributed by atoms with Gasteiger partial charge in [0, 0.05) is 23.6 Å². The van der Waals surface area contributed by atoms with Crippen LogP contribution in [0.5, 0.6) is 11.5 Å². The third-order valence-electron chi connectivity index (χ3n) is 3.59. The molecule has 0 unspecified atom stereocenters. The van der Waals surface area contributed by atoms with Crippen LogP contribution in [0.4, 0.5) is 11.4 Å². The summed E-state index contributed by atoms with van der Waals surface area (Å²) in [5.41, 5.74) is 0.229. The maximum absolute atomic E-state index is 12.2. The average Bonchev–Trinajstić information content (AvgIpc) is 2.66. The lowest BCUT2D eigenvalue weighted by molar-refractivity contribution is -0.384. The maximum Gasteiger partial charge on any atom is 0.271 e. The summed E-state index contributed by atoms with van der Waals surface area (Å²) in [5, 5.41) is 13.8. The number of benzene rings is 2. The molecule has 0 radical (unpaired) electrons. The maximum atomic E-state index is 12.2. The van der Waals surface area contributed by atoms with E-state index in [4.69, 9.17) is 21.1 Å². The van der Waals surface area contributed by atoms with E-state index in [1.165, 1.54) is 37.4 Å². The zero-order valence-electron chi connectivity index (χ0n) is 14.7. The number of carbonyl (C=O) groups excluding carboxylic acids is 2. The van der Waals surface area contributed by atoms with Gasteiger partial charge in [-0.3, -0.25) is 19.7 Å². The normalized spacial score (nSPS) is 10.2. The van der Waals surface area contributed by atoms with Gasteiger partial charge < -0.3 is 14.8 Å². The van der Waals surface area contributed by atoms with E-state index in [9.17, 15) is 19.7 Å². The number of amides is 1. The molecule has 0 aliphatic heterocycles. The number of nitro groups is 1. The molecule has 0 bridgehead atoms. The van der Waals surface area contributed by atoms with Crippen LogP contribution in [-0.4, -0.2) is 30.3 Å². The molecule has 2 aromatic carbocycles. The fraction of sp³-hybridized carbons (Fsp3) is 0.222. The molecule has 0 saturated heterocycles. The number of Topliss-reactive ketones (excluding diaryl/α,β-unsaturated/α-hetero) is 1. The van der Waals surface area contributed by atoms with E-state index in [0.717, 1.165) is 0 Å². The van der Waals surface area contributed by atoms with E-state index < -0.39 is 17.4 Å². The van der Waals surface area contributed by atoms with Crippen LogP contribution in [0.2, 0.25) is 5.02 Å². The van der Waals surface area contributed by atoms with Crippen LogP contribution in [0.3, 0.4) is 0 Å². The SMILES string of the molecule is CCC(=O)c1cc(Cl)ccc1OCC(=O)Nc1cc([N+](=O)[O-])ccc1OC. The van der Waals surface area contributed by atoms with Crippen molar-refractivity contribution >= 4 is 34.7 Å². The van der Waals surface area contributed by atoms with Crippen LogP contribution in [0, 0.1) is 10.1 Å². The molecular weight excluding hydrogens is 376 g/mol. The predicted octanol–water partition coefficient (Wildman–Crippen LogP) is 3.87. The van der Waals surface area contributed by atoms with E-state index in [2.05, 4.69) is 5.32 Å². The monoisotopic (exact) mass is 392 g/mol. The second-order valence-corrected chi connectivity index (χ2v) is 5.83. The van der Waals surface area contributed by atoms with Crippen molar-refractivity contribution in [3.05, 3.63) is 57.1 Å². The molecular formula is C18H17ClN2O6. The number of methoxy groups -OCH3 is 1. The Labute approximate surface area is 160 Å². The van der Waals surface area contributed by atoms with Crippen LogP contribution >= 0.6 is 11.6 Å². The Bertz CT molecular complexity index is 884. The number of ether oxygens (including phenoxy) is 2. The Balaban J connectivity index is 2.13. The summed E-state index contributed by atoms with van der Waals surface area (Å²) in [6.45, 7) is 1.30. The number of hydrogen-bond donors (Lipinski definition) is 1. The minimum Gasteiger partial charge on any atom is -0.495 e. The Morgan fingerprint density at radius 3 is 2.52 bits per heavy atom. The van der Waals surface area contributed by atoms with Crippen LogP contribution < -0.4 is 14.8 Å². The largest absolute Gasteiger partial charge is 0.495 e. The van der Waals surface area contributed by atoms with Crippen LogP contribution in [0.1, 0.15) is 23.7 Å². The molecule has 142 valence electrons. The van der Waals surface area contributed by atoms with Gasteiger partial charge in [-0.15, -0.1) is 0 Å². The van der Waals surface area contributed by atoms with Crippen molar-refractivity contribution in [3.63, 3.8) is 0 Å². The third-order valence-corrected chi connectivity index (χ3v) is 3.82. The highest BCUT2D eigenvalue weighted by Crippen LogP contribution is 2.29. The summed E-state index contributed by atoms with van der Waals surface area (Å²) in [7, 11) is 1.38. The lowest BCUT2D eigenvalue weighted by Crippen LogP contribution is -2.21. The number of nitrogens with zero attached hydrogens (tertiary/aromatic N) is 1. The van der Waals surface area contributed by atoms with E-state index in [1.807, 2.05) is 0 Å². The quantitative estimate of drug-likeness (QED) is 0.415. The standard InChI is InChI=1S/C18H17ClN2O6/c1-3-15(22)13-8-11(19)4-6-16(13)27-10-18(23)20-14-9-12(21(24)25)5-7-17(14)26-2/h4-9H,3,10H2,1-2H3,(H,20,23). The van der Waals surface area contributed by atoms with Crippen molar-refractivity contribution in [2.45, 2.75) is 13.3 Å². The molecule has 0 heterocycles. The molecule has 2 aromatic rings. The molecule has 0 aliphatic carbocycles. The Hall–Kier alpha value is -3.13. The number of nitrogens with one attached hydrogen (secondary N) is 1. The summed E-state index contributed by atoms with van der Waals surface area (Å²) >= 11 is 5.91. The minimum atomic E-state index is -0.581. The fourth-order valence-electron chi connectivity index (χ4n) is 2.27. The number of carbonyl (C=O) groups is 2. The highest BCUT2D eigenvalue weighted by atomic mass is 35.5. The molecule has 1 N–H and O–H groups in total. The Morgan fingerprint density at radius 2 is 1.89 bits per heavy atom. The van der Waals surface area contributed by atoms with Crippen LogP contribution in [0.25, 0.3) is 0 Å². The van der Waals surface area contributed by atoms with Crippen molar-refractivity contribution in [2.75, 3.05) is 19.0 Å². The van der Waals surface area contributed by atoms with Gasteiger partial charge in [-0.2, -0.15) is 0 Å². The highest BCUT2D eigenvalue weighted by molar-refractivity contribution is 6.31. The molecule has 0 aromatic heterocycles. The molecule has 1 amide bonds. The zero-order valence-corrected chi connectivity index (χ0v) is 15.4. The molecule has 0 fully saturated rings. The second kappa shape index (κ2) is 9.00. The van der Waals surface area contributed by atoms with Gasteiger partial charge in [0.15, 0.2) is 12.4 Å². The molecule has 0 saturated carbocycles. The Kier molecular flexibility index (Phi) is 6.73. The van der Waals surface area contributed by atoms with Gasteiger partial charge >= 0.3 is 0 Å². The van der Waals surface area contributed by atoms with Crippen molar-refractivity contribution in [1.29, 1.82) is 0 Å². The average molecular weight is 393 g/mol. The molecule has 0 atom stereocenters. The number of halogens is 1. The second-order valence-electron chi connectivity index (χ2n) is 5.40. The first kappa shape index (κ1) is 20.2. The zero-order chi connectivity index (χ0) is 20.0. The summed E-state index contributed by atoms with van der Waals surface area (Å²) in [5.74, 6) is -0.249. The van der Waals surface area contributed by atoms with Gasteiger partial charge in [0.05, 0.1) is 23.3 Å². The van der Waals surface area contributed by atoms with Gasteiger partial charge in [-0.1, -0.05) is 18.5 Å². The number of anilines is 1. The molecule has 27 heavy (non-hydrogen) atoms. The fourth-order valence-corrected chi connectivity index (χ4v) is 2.45. The molecule has 8 nitrogen and oxygen atoms in total. The van der Waals surface area contributed by atoms with Gasteiger partial charge in [0.25, 0.3) is 11.6 Å². The first-order valence-corrected chi connectivity index (χ1v) is 8.31. The van der Waals surface area contributed by atoms with E-state index >= 15 is 0 Å². The van der Waals surface area contributed by atoms with Crippen LogP contribution in [0.15, 0.2) is 36.4 Å². The lowest BCUT2D eigenvalue weighted by Gasteiger charge is -2.12. The first-order chi connectivity index (χ1) is 12.8. The molecule has 0 aliphatic rings. The van der Waals surface area contributed by atoms with Crippen molar-refractivity contribution in [3.8, 4) is 11.5 Å². The smallest absolute Gasteiger partial charge is 0.271 e. The summed E-state index contributed by atoms with van der Waals surface area (Å²) < 4.78 is 10.5. The van der Waals surface area contributed by atoms with E-state index in [-0.39, 0.29) is 40.6 Å². The van der Waals surface area contributed by atoms with Crippen LogP contribution in [-0.2, 0) is 4.79 Å². The predicted molar refractivity (Wildman–Crippen MR) is 99.8 cm³/mol. The van der Waals surface area contributed by atoms with Gasteiger partial charge in [-0.05, 0) is 24.3 Å². The van der Waals surface area contributed by atoms with Crippen molar-refractivity contribution in [1.82, 2.24) is 0 Å². The Morgan fingerprint density at radius 1 is 1.19 bits per heavy atom. The number of rotatable bonds is 8. The van der Waals surface area contributed by atoms with Gasteiger partial charge in [-0.25, -0.2) is 0 Å². The lowest BCUT2D eigenvalue weighted by atomic mass is 10.1. The van der Waals surface area contributed by atoms with Gasteiger partial charge in [0.1, 0.15) is 11.5 Å². The first-order valence-electron chi connectivity index (χ1n) is 7.93. The topological polar surface area (TPSA) is 108 Å². The highest BCUT2D eigenvalue weighted by Gasteiger charge is 2.16. The molecule has 9 heteroatoms.